The summed E-state index contributed by atoms with van der Waals surface area (Å²) in [5, 5.41) is 23.2. The Morgan fingerprint density at radius 1 is 0.946 bits per heavy atom. The van der Waals surface area contributed by atoms with Crippen LogP contribution in [0, 0.1) is 6.92 Å². The average molecular weight is 522 g/mol. The number of nitrogens with zero attached hydrogens (tertiary/aromatic N) is 2. The Morgan fingerprint density at radius 3 is 2.41 bits per heavy atom. The lowest BCUT2D eigenvalue weighted by atomic mass is 10.0. The van der Waals surface area contributed by atoms with Gasteiger partial charge in [0.25, 0.3) is 16.0 Å². The predicted molar refractivity (Wildman–Crippen MR) is 138 cm³/mol. The lowest BCUT2D eigenvalue weighted by molar-refractivity contribution is 0.102. The van der Waals surface area contributed by atoms with Gasteiger partial charge in [-0.3, -0.25) is 9.35 Å². The van der Waals surface area contributed by atoms with E-state index in [0.717, 1.165) is 17.7 Å². The quantitative estimate of drug-likeness (QED) is 0.206. The number of azo groups is 1. The summed E-state index contributed by atoms with van der Waals surface area (Å²) in [6.45, 7) is 1.82. The van der Waals surface area contributed by atoms with Crippen LogP contribution >= 0.6 is 0 Å². The third-order valence-corrected chi connectivity index (χ3v) is 6.49. The van der Waals surface area contributed by atoms with E-state index in [9.17, 15) is 22.9 Å². The van der Waals surface area contributed by atoms with Gasteiger partial charge in [0, 0.05) is 17.1 Å². The largest absolute Gasteiger partial charge is 0.505 e. The van der Waals surface area contributed by atoms with E-state index in [0.29, 0.717) is 22.2 Å². The number of amides is 1. The van der Waals surface area contributed by atoms with Gasteiger partial charge >= 0.3 is 0 Å². The summed E-state index contributed by atoms with van der Waals surface area (Å²) in [6.07, 6.45) is 0. The number of methoxy groups -OCH3 is 2. The maximum Gasteiger partial charge on any atom is 0.294 e. The number of hydrogen-bond acceptors (Lipinski definition) is 8. The summed E-state index contributed by atoms with van der Waals surface area (Å²) in [5.41, 5.74) is 1.23. The van der Waals surface area contributed by atoms with E-state index in [2.05, 4.69) is 15.5 Å². The molecule has 0 saturated heterocycles. The maximum absolute atomic E-state index is 13.2. The van der Waals surface area contributed by atoms with Crippen molar-refractivity contribution in [2.75, 3.05) is 19.5 Å². The average Bonchev–Trinajstić information content (AvgIpc) is 2.88. The van der Waals surface area contributed by atoms with Gasteiger partial charge in [-0.25, -0.2) is 0 Å². The molecule has 37 heavy (non-hydrogen) atoms. The van der Waals surface area contributed by atoms with E-state index < -0.39 is 26.7 Å². The van der Waals surface area contributed by atoms with Crippen LogP contribution in [0.1, 0.15) is 15.9 Å². The first-order chi connectivity index (χ1) is 17.6. The normalized spacial score (nSPS) is 11.6. The zero-order valence-electron chi connectivity index (χ0n) is 20.1. The maximum atomic E-state index is 13.2. The molecule has 4 rings (SSSR count). The van der Waals surface area contributed by atoms with Crippen LogP contribution in [0.25, 0.3) is 10.8 Å². The first-order valence-corrected chi connectivity index (χ1v) is 12.3. The fourth-order valence-electron chi connectivity index (χ4n) is 3.66. The Bertz CT molecular complexity index is 1650. The zero-order valence-corrected chi connectivity index (χ0v) is 20.9. The Balaban J connectivity index is 1.81. The van der Waals surface area contributed by atoms with Crippen LogP contribution in [-0.2, 0) is 10.1 Å². The van der Waals surface area contributed by atoms with Crippen molar-refractivity contribution in [1.82, 2.24) is 0 Å². The van der Waals surface area contributed by atoms with E-state index >= 15 is 0 Å². The summed E-state index contributed by atoms with van der Waals surface area (Å²) in [5.74, 6) is -0.269. The molecular formula is C26H23N3O7S. The highest BCUT2D eigenvalue weighted by Crippen LogP contribution is 2.41. The summed E-state index contributed by atoms with van der Waals surface area (Å²) >= 11 is 0. The number of carbonyl (C=O) groups is 1. The minimum absolute atomic E-state index is 0.00933. The van der Waals surface area contributed by atoms with E-state index in [1.54, 1.807) is 42.5 Å². The van der Waals surface area contributed by atoms with Crippen molar-refractivity contribution in [3.05, 3.63) is 77.9 Å². The monoisotopic (exact) mass is 521 g/mol. The van der Waals surface area contributed by atoms with Gasteiger partial charge in [0.1, 0.15) is 22.9 Å². The highest BCUT2D eigenvalue weighted by atomic mass is 32.2. The second-order valence-electron chi connectivity index (χ2n) is 7.99. The van der Waals surface area contributed by atoms with E-state index in [1.165, 1.54) is 26.4 Å². The second kappa shape index (κ2) is 10.2. The number of fused-ring (bicyclic) bond motifs is 1. The van der Waals surface area contributed by atoms with Crippen LogP contribution in [0.3, 0.4) is 0 Å². The van der Waals surface area contributed by atoms with Crippen LogP contribution in [-0.4, -0.2) is 38.2 Å². The molecule has 4 aromatic rings. The van der Waals surface area contributed by atoms with Crippen molar-refractivity contribution in [3.63, 3.8) is 0 Å². The molecule has 0 aliphatic carbocycles. The van der Waals surface area contributed by atoms with Crippen LogP contribution in [0.4, 0.5) is 17.1 Å². The Kier molecular flexibility index (Phi) is 7.09. The topological polar surface area (TPSA) is 147 Å². The van der Waals surface area contributed by atoms with Gasteiger partial charge in [-0.1, -0.05) is 30.3 Å². The molecule has 0 radical (unpaired) electrons. The number of nitrogens with one attached hydrogen (secondary N) is 1. The van der Waals surface area contributed by atoms with Gasteiger partial charge in [-0.05, 0) is 48.2 Å². The molecule has 190 valence electrons. The third-order valence-electron chi connectivity index (χ3n) is 5.64. The van der Waals surface area contributed by atoms with Gasteiger partial charge < -0.3 is 19.9 Å². The van der Waals surface area contributed by atoms with Gasteiger partial charge in [-0.15, -0.1) is 10.2 Å². The zero-order chi connectivity index (χ0) is 26.7. The molecule has 0 aromatic heterocycles. The molecule has 0 bridgehead atoms. The van der Waals surface area contributed by atoms with Crippen LogP contribution in [0.2, 0.25) is 0 Å². The minimum atomic E-state index is -4.50. The van der Waals surface area contributed by atoms with Gasteiger partial charge in [0.2, 0.25) is 0 Å². The molecule has 4 aromatic carbocycles. The molecule has 0 aliphatic rings. The highest BCUT2D eigenvalue weighted by Gasteiger charge is 2.20. The fourth-order valence-corrected chi connectivity index (χ4v) is 4.16. The number of rotatable bonds is 7. The number of benzene rings is 4. The molecular weight excluding hydrogens is 498 g/mol. The van der Waals surface area contributed by atoms with Crippen LogP contribution < -0.4 is 14.8 Å². The molecule has 3 N–H and O–H groups in total. The summed E-state index contributed by atoms with van der Waals surface area (Å²) in [6, 6.07) is 17.3. The SMILES string of the molecule is COc1ccc(C)c(NC(=O)c2cc3ccccc3c(N=Nc3cc(S(=O)(=O)O)ccc3OC)c2O)c1. The summed E-state index contributed by atoms with van der Waals surface area (Å²) < 4.78 is 43.0. The third kappa shape index (κ3) is 5.37. The number of phenols is 1. The van der Waals surface area contributed by atoms with Crippen molar-refractivity contribution in [1.29, 1.82) is 0 Å². The van der Waals surface area contributed by atoms with Crippen molar-refractivity contribution < 1.29 is 32.3 Å². The number of ether oxygens (including phenoxy) is 2. The lowest BCUT2D eigenvalue weighted by Crippen LogP contribution is -2.13. The smallest absolute Gasteiger partial charge is 0.294 e. The molecule has 0 aliphatic heterocycles. The van der Waals surface area contributed by atoms with Crippen molar-refractivity contribution in [2.24, 2.45) is 10.2 Å². The van der Waals surface area contributed by atoms with Crippen molar-refractivity contribution >= 4 is 43.9 Å². The Morgan fingerprint density at radius 2 is 1.70 bits per heavy atom. The van der Waals surface area contributed by atoms with Crippen LogP contribution in [0.15, 0.2) is 81.9 Å². The molecule has 11 heteroatoms. The van der Waals surface area contributed by atoms with Gasteiger partial charge in [0.15, 0.2) is 5.75 Å². The second-order valence-corrected chi connectivity index (χ2v) is 9.41. The fraction of sp³-hybridized carbons (Fsp3) is 0.115. The molecule has 0 spiro atoms. The number of anilines is 1. The molecule has 0 heterocycles. The van der Waals surface area contributed by atoms with E-state index in [4.69, 9.17) is 9.47 Å². The van der Waals surface area contributed by atoms with E-state index in [-0.39, 0.29) is 22.7 Å². The first-order valence-electron chi connectivity index (χ1n) is 10.9. The molecule has 0 unspecified atom stereocenters. The van der Waals surface area contributed by atoms with Gasteiger partial charge in [0.05, 0.1) is 24.7 Å². The van der Waals surface area contributed by atoms with E-state index in [1.807, 2.05) is 6.92 Å². The predicted octanol–water partition coefficient (Wildman–Crippen LogP) is 5.79. The lowest BCUT2D eigenvalue weighted by Gasteiger charge is -2.13. The summed E-state index contributed by atoms with van der Waals surface area (Å²) in [7, 11) is -1.62. The molecule has 0 saturated carbocycles. The number of phenolic OH excluding ortho intramolecular Hbond substituents is 1. The molecule has 1 amide bonds. The molecule has 0 atom stereocenters. The van der Waals surface area contributed by atoms with Crippen molar-refractivity contribution in [2.45, 2.75) is 11.8 Å². The first kappa shape index (κ1) is 25.6. The molecule has 0 fully saturated rings. The standard InChI is InChI=1S/C26H23N3O7S/c1-15-8-9-17(35-2)13-21(15)27-26(31)20-12-16-6-4-5-7-19(16)24(25(20)30)29-28-22-14-18(37(32,33)34)10-11-23(22)36-3/h4-14,30H,1-3H3,(H,27,31)(H,32,33,34). The van der Waals surface area contributed by atoms with Gasteiger partial charge in [-0.2, -0.15) is 8.42 Å². The number of aryl methyl sites for hydroxylation is 1. The van der Waals surface area contributed by atoms with Crippen LogP contribution in [0.5, 0.6) is 17.2 Å². The number of hydrogen-bond donors (Lipinski definition) is 3. The number of aromatic hydroxyl groups is 1. The van der Waals surface area contributed by atoms with Crippen molar-refractivity contribution in [3.8, 4) is 17.2 Å². The summed E-state index contributed by atoms with van der Waals surface area (Å²) in [4.78, 5) is 12.8. The molecule has 10 nitrogen and oxygen atoms in total. The highest BCUT2D eigenvalue weighted by molar-refractivity contribution is 7.85. The number of carbonyl (C=O) groups excluding carboxylic acids is 1. The minimum Gasteiger partial charge on any atom is -0.505 e. The Labute approximate surface area is 212 Å². The Hall–Kier alpha value is -4.48.